The first-order valence-corrected chi connectivity index (χ1v) is 10.8. The second-order valence-corrected chi connectivity index (χ2v) is 7.97. The van der Waals surface area contributed by atoms with E-state index < -0.39 is 6.09 Å². The zero-order valence-electron chi connectivity index (χ0n) is 17.8. The van der Waals surface area contributed by atoms with Crippen LogP contribution < -0.4 is 15.8 Å². The van der Waals surface area contributed by atoms with Crippen molar-refractivity contribution >= 4 is 29.5 Å². The minimum Gasteiger partial charge on any atom is -0.495 e. The molecule has 0 unspecified atom stereocenters. The molecule has 3 aromatic carbocycles. The summed E-state index contributed by atoms with van der Waals surface area (Å²) in [7, 11) is 1.56. The topological polar surface area (TPSA) is 73.6 Å². The van der Waals surface area contributed by atoms with Crippen LogP contribution in [0.3, 0.4) is 0 Å². The second-order valence-electron chi connectivity index (χ2n) is 7.56. The number of halogens is 1. The summed E-state index contributed by atoms with van der Waals surface area (Å²) < 4.78 is 10.8. The van der Waals surface area contributed by atoms with Gasteiger partial charge >= 0.3 is 6.09 Å². The lowest BCUT2D eigenvalue weighted by Crippen LogP contribution is -2.26. The van der Waals surface area contributed by atoms with E-state index in [1.165, 1.54) is 22.3 Å². The molecule has 0 heterocycles. The molecule has 0 aliphatic heterocycles. The van der Waals surface area contributed by atoms with Gasteiger partial charge in [0.05, 0.1) is 17.8 Å². The Labute approximate surface area is 192 Å². The Kier molecular flexibility index (Phi) is 6.66. The van der Waals surface area contributed by atoms with E-state index in [-0.39, 0.29) is 5.92 Å². The maximum Gasteiger partial charge on any atom is 0.407 e. The number of nitrogen functional groups attached to an aromatic ring is 1. The molecular formula is C26H25ClN2O3. The number of rotatable bonds is 7. The molecule has 0 saturated heterocycles. The van der Waals surface area contributed by atoms with Crippen molar-refractivity contribution in [3.8, 4) is 16.9 Å². The van der Waals surface area contributed by atoms with Gasteiger partial charge in [0.25, 0.3) is 0 Å². The lowest BCUT2D eigenvalue weighted by molar-refractivity contribution is 0.143. The number of amides is 1. The lowest BCUT2D eigenvalue weighted by atomic mass is 9.98. The SMILES string of the molecule is COc1cc(C=CCCNC(=O)OCC2c3ccccc3-c3ccccc32)c(Cl)cc1N. The molecule has 0 saturated carbocycles. The average molecular weight is 449 g/mol. The van der Waals surface area contributed by atoms with Crippen molar-refractivity contribution in [3.63, 3.8) is 0 Å². The summed E-state index contributed by atoms with van der Waals surface area (Å²) in [5.74, 6) is 0.626. The molecule has 3 N–H and O–H groups in total. The Morgan fingerprint density at radius 3 is 2.41 bits per heavy atom. The normalized spacial score (nSPS) is 12.4. The first kappa shape index (κ1) is 21.8. The third-order valence-electron chi connectivity index (χ3n) is 5.57. The number of nitrogens with one attached hydrogen (secondary N) is 1. The van der Waals surface area contributed by atoms with Crippen LogP contribution in [0.1, 0.15) is 29.0 Å². The molecule has 1 amide bonds. The average Bonchev–Trinajstić information content (AvgIpc) is 3.12. The van der Waals surface area contributed by atoms with Crippen molar-refractivity contribution in [2.24, 2.45) is 0 Å². The Hall–Kier alpha value is -3.44. The van der Waals surface area contributed by atoms with E-state index >= 15 is 0 Å². The number of carbonyl (C=O) groups excluding carboxylic acids is 1. The van der Waals surface area contributed by atoms with E-state index in [9.17, 15) is 4.79 Å². The monoisotopic (exact) mass is 448 g/mol. The van der Waals surface area contributed by atoms with Crippen LogP contribution in [-0.4, -0.2) is 26.4 Å². The number of methoxy groups -OCH3 is 1. The molecule has 5 nitrogen and oxygen atoms in total. The maximum absolute atomic E-state index is 12.2. The van der Waals surface area contributed by atoms with Crippen molar-refractivity contribution in [1.29, 1.82) is 0 Å². The molecule has 0 fully saturated rings. The Morgan fingerprint density at radius 2 is 1.75 bits per heavy atom. The maximum atomic E-state index is 12.2. The van der Waals surface area contributed by atoms with E-state index in [1.807, 2.05) is 36.4 Å². The highest BCUT2D eigenvalue weighted by molar-refractivity contribution is 6.32. The summed E-state index contributed by atoms with van der Waals surface area (Å²) in [5.41, 5.74) is 11.9. The van der Waals surface area contributed by atoms with Gasteiger partial charge in [-0.05, 0) is 46.4 Å². The van der Waals surface area contributed by atoms with Crippen LogP contribution in [0.5, 0.6) is 5.75 Å². The van der Waals surface area contributed by atoms with E-state index in [2.05, 4.69) is 29.6 Å². The zero-order valence-corrected chi connectivity index (χ0v) is 18.6. The molecule has 0 aromatic heterocycles. The van der Waals surface area contributed by atoms with Crippen molar-refractivity contribution in [2.75, 3.05) is 26.0 Å². The molecule has 1 aliphatic rings. The highest BCUT2D eigenvalue weighted by Crippen LogP contribution is 2.44. The van der Waals surface area contributed by atoms with Gasteiger partial charge in [-0.3, -0.25) is 0 Å². The number of hydrogen-bond donors (Lipinski definition) is 2. The largest absolute Gasteiger partial charge is 0.495 e. The molecule has 6 heteroatoms. The van der Waals surface area contributed by atoms with E-state index in [0.717, 1.165) is 5.56 Å². The molecule has 164 valence electrons. The first-order valence-electron chi connectivity index (χ1n) is 10.5. The molecule has 0 spiro atoms. The summed E-state index contributed by atoms with van der Waals surface area (Å²) in [6.07, 6.45) is 4.02. The van der Waals surface area contributed by atoms with Crippen LogP contribution in [0, 0.1) is 0 Å². The van der Waals surface area contributed by atoms with Gasteiger partial charge in [0, 0.05) is 12.5 Å². The molecule has 3 aromatic rings. The number of benzene rings is 3. The Balaban J connectivity index is 1.28. The van der Waals surface area contributed by atoms with Crippen LogP contribution in [0.4, 0.5) is 10.5 Å². The minimum atomic E-state index is -0.424. The van der Waals surface area contributed by atoms with Gasteiger partial charge in [0.1, 0.15) is 12.4 Å². The third-order valence-corrected chi connectivity index (χ3v) is 5.90. The van der Waals surface area contributed by atoms with Gasteiger partial charge in [-0.1, -0.05) is 72.3 Å². The molecule has 4 rings (SSSR count). The van der Waals surface area contributed by atoms with Gasteiger partial charge in [-0.2, -0.15) is 0 Å². The smallest absolute Gasteiger partial charge is 0.407 e. The van der Waals surface area contributed by atoms with Crippen LogP contribution in [0.15, 0.2) is 66.7 Å². The summed E-state index contributed by atoms with van der Waals surface area (Å²) in [4.78, 5) is 12.2. The fraction of sp³-hybridized carbons (Fsp3) is 0.192. The van der Waals surface area contributed by atoms with Crippen LogP contribution in [-0.2, 0) is 4.74 Å². The van der Waals surface area contributed by atoms with E-state index in [1.54, 1.807) is 19.2 Å². The number of nitrogens with two attached hydrogens (primary N) is 1. The van der Waals surface area contributed by atoms with Crippen LogP contribution >= 0.6 is 11.6 Å². The van der Waals surface area contributed by atoms with Crippen molar-refractivity contribution in [3.05, 3.63) is 88.5 Å². The molecular weight excluding hydrogens is 424 g/mol. The highest BCUT2D eigenvalue weighted by Gasteiger charge is 2.28. The molecule has 0 bridgehead atoms. The molecule has 0 atom stereocenters. The number of anilines is 1. The molecule has 1 aliphatic carbocycles. The number of carbonyl (C=O) groups is 1. The highest BCUT2D eigenvalue weighted by atomic mass is 35.5. The number of ether oxygens (including phenoxy) is 2. The molecule has 32 heavy (non-hydrogen) atoms. The van der Waals surface area contributed by atoms with Gasteiger partial charge in [0.2, 0.25) is 0 Å². The van der Waals surface area contributed by atoms with Gasteiger partial charge in [-0.25, -0.2) is 4.79 Å². The lowest BCUT2D eigenvalue weighted by Gasteiger charge is -2.14. The minimum absolute atomic E-state index is 0.0516. The van der Waals surface area contributed by atoms with Crippen molar-refractivity contribution in [1.82, 2.24) is 5.32 Å². The number of fused-ring (bicyclic) bond motifs is 3. The van der Waals surface area contributed by atoms with Crippen molar-refractivity contribution in [2.45, 2.75) is 12.3 Å². The molecule has 0 radical (unpaired) electrons. The number of alkyl carbamates (subject to hydrolysis) is 1. The first-order chi connectivity index (χ1) is 15.6. The number of hydrogen-bond acceptors (Lipinski definition) is 4. The third kappa shape index (κ3) is 4.58. The van der Waals surface area contributed by atoms with Crippen LogP contribution in [0.25, 0.3) is 17.2 Å². The zero-order chi connectivity index (χ0) is 22.5. The van der Waals surface area contributed by atoms with Crippen LogP contribution in [0.2, 0.25) is 5.02 Å². The summed E-state index contributed by atoms with van der Waals surface area (Å²) in [5, 5.41) is 3.34. The quantitative estimate of drug-likeness (QED) is 0.350. The summed E-state index contributed by atoms with van der Waals surface area (Å²) in [6.45, 7) is 0.757. The summed E-state index contributed by atoms with van der Waals surface area (Å²) >= 11 is 6.22. The standard InChI is InChI=1S/C26H25ClN2O3/c1-31-25-14-17(23(27)15-24(25)28)8-6-7-13-29-26(30)32-16-22-20-11-4-2-9-18(20)19-10-3-5-12-21(19)22/h2-6,8-12,14-15,22H,7,13,16,28H2,1H3,(H,29,30). The fourth-order valence-electron chi connectivity index (χ4n) is 4.01. The van der Waals surface area contributed by atoms with E-state index in [4.69, 9.17) is 26.8 Å². The second kappa shape index (κ2) is 9.79. The van der Waals surface area contributed by atoms with E-state index in [0.29, 0.717) is 36.0 Å². The van der Waals surface area contributed by atoms with Gasteiger partial charge in [0.15, 0.2) is 0 Å². The van der Waals surface area contributed by atoms with Gasteiger partial charge in [-0.15, -0.1) is 0 Å². The Bertz CT molecular complexity index is 1110. The fourth-order valence-corrected chi connectivity index (χ4v) is 4.24. The predicted octanol–water partition coefficient (Wildman–Crippen LogP) is 5.87. The summed E-state index contributed by atoms with van der Waals surface area (Å²) in [6, 6.07) is 20.0. The van der Waals surface area contributed by atoms with Gasteiger partial charge < -0.3 is 20.5 Å². The predicted molar refractivity (Wildman–Crippen MR) is 129 cm³/mol. The Morgan fingerprint density at radius 1 is 1.09 bits per heavy atom. The van der Waals surface area contributed by atoms with Crippen molar-refractivity contribution < 1.29 is 14.3 Å².